The third kappa shape index (κ3) is 9.19. The van der Waals surface area contributed by atoms with Crippen molar-refractivity contribution in [3.8, 4) is 0 Å². The maximum absolute atomic E-state index is 6.06. The highest BCUT2D eigenvalue weighted by Crippen LogP contribution is 1.89. The quantitative estimate of drug-likeness (QED) is 0.306. The molecule has 0 aromatic heterocycles. The maximum Gasteiger partial charge on any atom is 0.183 e. The molecular weight excluding hydrogens is 144 g/mol. The number of hydrogen-bond acceptors (Lipinski definition) is 3. The first-order chi connectivity index (χ1) is 5.13. The Morgan fingerprint density at radius 3 is 1.91 bits per heavy atom. The number of ether oxygens (including phenoxy) is 1. The number of hydrogen-bond donors (Lipinski definition) is 3. The Labute approximate surface area is 66.8 Å². The topological polar surface area (TPSA) is 88.4 Å². The molecule has 1 saturated heterocycles. The Hall–Kier alpha value is -0.810. The number of nitrogens with zero attached hydrogens (tertiary/aromatic N) is 1. The second-order valence-corrected chi connectivity index (χ2v) is 2.37. The number of guanidine groups is 1. The van der Waals surface area contributed by atoms with Crippen LogP contribution in [0.3, 0.4) is 0 Å². The number of nitrogens with two attached hydrogens (primary N) is 2. The Morgan fingerprint density at radius 2 is 1.73 bits per heavy atom. The molecule has 0 unspecified atom stereocenters. The monoisotopic (exact) mass is 160 g/mol. The molecule has 11 heavy (non-hydrogen) atoms. The highest BCUT2D eigenvalue weighted by Gasteiger charge is 2.02. The van der Waals surface area contributed by atoms with Gasteiger partial charge in [-0.05, 0) is 7.05 Å². The van der Waals surface area contributed by atoms with Crippen LogP contribution in [0.4, 0.5) is 0 Å². The summed E-state index contributed by atoms with van der Waals surface area (Å²) < 4.78 is 5.10. The van der Waals surface area contributed by atoms with E-state index in [4.69, 9.17) is 10.1 Å². The molecule has 0 atom stereocenters. The van der Waals surface area contributed by atoms with Gasteiger partial charge in [0.15, 0.2) is 5.96 Å². The molecule has 0 aliphatic carbocycles. The lowest BCUT2D eigenvalue weighted by molar-refractivity contribution is 0.0503. The van der Waals surface area contributed by atoms with Crippen LogP contribution in [0.2, 0.25) is 0 Å². The van der Waals surface area contributed by atoms with Gasteiger partial charge in [-0.15, -0.1) is 0 Å². The zero-order valence-electron chi connectivity index (χ0n) is 6.84. The summed E-state index contributed by atoms with van der Waals surface area (Å²) in [5, 5.41) is 6.06. The SMILES string of the molecule is CN1CCOCC1.N=C(N)N. The zero-order chi connectivity index (χ0) is 8.69. The van der Waals surface area contributed by atoms with Crippen LogP contribution in [0.25, 0.3) is 0 Å². The molecule has 1 aliphatic heterocycles. The van der Waals surface area contributed by atoms with E-state index in [1.165, 1.54) is 0 Å². The second kappa shape index (κ2) is 5.94. The fourth-order valence-corrected chi connectivity index (χ4v) is 0.655. The van der Waals surface area contributed by atoms with Gasteiger partial charge in [0.1, 0.15) is 0 Å². The van der Waals surface area contributed by atoms with Crippen molar-refractivity contribution < 1.29 is 4.74 Å². The van der Waals surface area contributed by atoms with E-state index in [2.05, 4.69) is 23.4 Å². The van der Waals surface area contributed by atoms with Gasteiger partial charge >= 0.3 is 0 Å². The molecule has 0 aromatic rings. The minimum Gasteiger partial charge on any atom is -0.379 e. The van der Waals surface area contributed by atoms with Crippen LogP contribution in [-0.2, 0) is 4.74 Å². The predicted octanol–water partition coefficient (Wildman–Crippen LogP) is -1.21. The lowest BCUT2D eigenvalue weighted by Crippen LogP contribution is -2.32. The van der Waals surface area contributed by atoms with Gasteiger partial charge in [-0.1, -0.05) is 0 Å². The Kier molecular flexibility index (Phi) is 5.50. The largest absolute Gasteiger partial charge is 0.379 e. The van der Waals surface area contributed by atoms with Gasteiger partial charge in [0, 0.05) is 13.1 Å². The van der Waals surface area contributed by atoms with Gasteiger partial charge in [-0.3, -0.25) is 5.41 Å². The van der Waals surface area contributed by atoms with E-state index < -0.39 is 0 Å². The van der Waals surface area contributed by atoms with Crippen LogP contribution in [0.5, 0.6) is 0 Å². The zero-order valence-corrected chi connectivity index (χ0v) is 6.84. The average molecular weight is 160 g/mol. The van der Waals surface area contributed by atoms with E-state index in [1.54, 1.807) is 0 Å². The van der Waals surface area contributed by atoms with E-state index in [9.17, 15) is 0 Å². The summed E-state index contributed by atoms with van der Waals surface area (Å²) in [7, 11) is 2.11. The lowest BCUT2D eigenvalue weighted by atomic mass is 10.5. The van der Waals surface area contributed by atoms with E-state index in [1.807, 2.05) is 0 Å². The maximum atomic E-state index is 6.06. The first-order valence-electron chi connectivity index (χ1n) is 3.48. The fraction of sp³-hybridized carbons (Fsp3) is 0.833. The number of nitrogens with one attached hydrogen (secondary N) is 1. The highest BCUT2D eigenvalue weighted by atomic mass is 16.5. The third-order valence-corrected chi connectivity index (χ3v) is 1.23. The summed E-state index contributed by atoms with van der Waals surface area (Å²) in [6, 6.07) is 0. The van der Waals surface area contributed by atoms with Gasteiger partial charge in [-0.2, -0.15) is 0 Å². The van der Waals surface area contributed by atoms with E-state index in [-0.39, 0.29) is 5.96 Å². The van der Waals surface area contributed by atoms with Crippen molar-refractivity contribution in [2.24, 2.45) is 11.5 Å². The lowest BCUT2D eigenvalue weighted by Gasteiger charge is -2.21. The van der Waals surface area contributed by atoms with Crippen molar-refractivity contribution in [2.45, 2.75) is 0 Å². The van der Waals surface area contributed by atoms with Crippen molar-refractivity contribution in [1.82, 2.24) is 4.90 Å². The van der Waals surface area contributed by atoms with Gasteiger partial charge in [0.2, 0.25) is 0 Å². The predicted molar refractivity (Wildman–Crippen MR) is 44.4 cm³/mol. The van der Waals surface area contributed by atoms with Gasteiger partial charge < -0.3 is 21.1 Å². The summed E-state index contributed by atoms with van der Waals surface area (Å²) in [6.07, 6.45) is 0. The summed E-state index contributed by atoms with van der Waals surface area (Å²) in [5.74, 6) is -0.333. The number of morpholine rings is 1. The number of rotatable bonds is 0. The Balaban J connectivity index is 0.000000218. The average Bonchev–Trinajstić information content (AvgIpc) is 1.87. The minimum absolute atomic E-state index is 0.333. The van der Waals surface area contributed by atoms with Gasteiger partial charge in [0.25, 0.3) is 0 Å². The van der Waals surface area contributed by atoms with Crippen molar-refractivity contribution in [3.63, 3.8) is 0 Å². The second-order valence-electron chi connectivity index (χ2n) is 2.37. The van der Waals surface area contributed by atoms with E-state index >= 15 is 0 Å². The van der Waals surface area contributed by atoms with Crippen molar-refractivity contribution in [1.29, 1.82) is 5.41 Å². The normalized spacial score (nSPS) is 18.3. The molecular formula is C6H16N4O. The molecule has 0 bridgehead atoms. The molecule has 1 aliphatic rings. The van der Waals surface area contributed by atoms with Crippen LogP contribution in [0.1, 0.15) is 0 Å². The van der Waals surface area contributed by atoms with E-state index in [0.29, 0.717) is 0 Å². The summed E-state index contributed by atoms with van der Waals surface area (Å²) >= 11 is 0. The van der Waals surface area contributed by atoms with Gasteiger partial charge in [0.05, 0.1) is 13.2 Å². The standard InChI is InChI=1S/C5H11NO.CH5N3/c1-6-2-4-7-5-3-6;2-1(3)4/h2-5H2,1H3;(H5,2,3,4). The molecule has 0 saturated carbocycles. The molecule has 5 nitrogen and oxygen atoms in total. The molecule has 1 rings (SSSR count). The number of likely N-dealkylation sites (N-methyl/N-ethyl adjacent to an activating group) is 1. The molecule has 5 N–H and O–H groups in total. The molecule has 0 aromatic carbocycles. The highest BCUT2D eigenvalue weighted by molar-refractivity contribution is 5.71. The van der Waals surface area contributed by atoms with Gasteiger partial charge in [-0.25, -0.2) is 0 Å². The molecule has 5 heteroatoms. The first-order valence-corrected chi connectivity index (χ1v) is 3.48. The fourth-order valence-electron chi connectivity index (χ4n) is 0.655. The molecule has 1 heterocycles. The Bertz CT molecular complexity index is 107. The molecule has 1 fully saturated rings. The summed E-state index contributed by atoms with van der Waals surface area (Å²) in [6.45, 7) is 4.02. The summed E-state index contributed by atoms with van der Waals surface area (Å²) in [4.78, 5) is 2.27. The van der Waals surface area contributed by atoms with Crippen LogP contribution in [-0.4, -0.2) is 44.2 Å². The molecule has 0 radical (unpaired) electrons. The van der Waals surface area contributed by atoms with Crippen LogP contribution < -0.4 is 11.5 Å². The molecule has 0 amide bonds. The van der Waals surface area contributed by atoms with Crippen LogP contribution in [0, 0.1) is 5.41 Å². The first kappa shape index (κ1) is 10.2. The van der Waals surface area contributed by atoms with E-state index in [0.717, 1.165) is 26.3 Å². The van der Waals surface area contributed by atoms with Crippen LogP contribution >= 0.6 is 0 Å². The van der Waals surface area contributed by atoms with Crippen LogP contribution in [0.15, 0.2) is 0 Å². The Morgan fingerprint density at radius 1 is 1.36 bits per heavy atom. The van der Waals surface area contributed by atoms with Crippen molar-refractivity contribution in [3.05, 3.63) is 0 Å². The third-order valence-electron chi connectivity index (χ3n) is 1.23. The minimum atomic E-state index is -0.333. The van der Waals surface area contributed by atoms with Crippen molar-refractivity contribution >= 4 is 5.96 Å². The molecule has 66 valence electrons. The summed E-state index contributed by atoms with van der Waals surface area (Å²) in [5.41, 5.74) is 8.94. The smallest absolute Gasteiger partial charge is 0.183 e. The van der Waals surface area contributed by atoms with Crippen molar-refractivity contribution in [2.75, 3.05) is 33.4 Å². The molecule has 0 spiro atoms.